The number of hydrogen-bond acceptors (Lipinski definition) is 3. The van der Waals surface area contributed by atoms with Crippen LogP contribution in [-0.4, -0.2) is 41.8 Å². The highest BCUT2D eigenvalue weighted by Gasteiger charge is 2.40. The number of halogens is 1. The van der Waals surface area contributed by atoms with Gasteiger partial charge in [0.2, 0.25) is 0 Å². The van der Waals surface area contributed by atoms with Gasteiger partial charge in [-0.1, -0.05) is 54.1 Å². The van der Waals surface area contributed by atoms with E-state index in [2.05, 4.69) is 29.2 Å². The van der Waals surface area contributed by atoms with Gasteiger partial charge in [0.25, 0.3) is 11.8 Å². The zero-order chi connectivity index (χ0) is 19.7. The van der Waals surface area contributed by atoms with Crippen molar-refractivity contribution in [2.75, 3.05) is 20.1 Å². The van der Waals surface area contributed by atoms with Crippen molar-refractivity contribution < 1.29 is 9.59 Å². The van der Waals surface area contributed by atoms with E-state index in [9.17, 15) is 9.59 Å². The number of carbonyl (C=O) groups excluding carboxylic acids is 2. The molecule has 0 N–H and O–H groups in total. The van der Waals surface area contributed by atoms with Crippen molar-refractivity contribution >= 4 is 29.0 Å². The largest absolute Gasteiger partial charge is 0.366 e. The second-order valence-electron chi connectivity index (χ2n) is 7.52. The first-order chi connectivity index (χ1) is 13.5. The molecule has 0 atom stereocenters. The van der Waals surface area contributed by atoms with E-state index in [1.807, 2.05) is 18.2 Å². The lowest BCUT2D eigenvalue weighted by molar-refractivity contribution is -0.136. The quantitative estimate of drug-likeness (QED) is 0.736. The van der Waals surface area contributed by atoms with Gasteiger partial charge in [-0.3, -0.25) is 14.5 Å². The molecule has 0 unspecified atom stereocenters. The summed E-state index contributed by atoms with van der Waals surface area (Å²) in [4.78, 5) is 28.9. The first-order valence-electron chi connectivity index (χ1n) is 9.66. The minimum absolute atomic E-state index is 0.212. The number of amides is 2. The molecule has 28 heavy (non-hydrogen) atoms. The Hall–Kier alpha value is -2.59. The summed E-state index contributed by atoms with van der Waals surface area (Å²) in [7, 11) is 1.55. The number of carbonyl (C=O) groups is 2. The monoisotopic (exact) mass is 394 g/mol. The molecule has 2 aliphatic rings. The molecule has 0 aromatic heterocycles. The van der Waals surface area contributed by atoms with Gasteiger partial charge in [0.15, 0.2) is 0 Å². The minimum Gasteiger partial charge on any atom is -0.366 e. The van der Waals surface area contributed by atoms with Crippen LogP contribution in [0.5, 0.6) is 0 Å². The molecule has 0 aliphatic carbocycles. The van der Waals surface area contributed by atoms with E-state index in [-0.39, 0.29) is 11.8 Å². The first-order valence-corrected chi connectivity index (χ1v) is 10.0. The normalized spacial score (nSPS) is 18.4. The van der Waals surface area contributed by atoms with Crippen LogP contribution in [-0.2, 0) is 16.0 Å². The Kier molecular flexibility index (Phi) is 5.23. The maximum absolute atomic E-state index is 12.8. The number of likely N-dealkylation sites (N-methyl/N-ethyl adjacent to an activating group) is 1. The second kappa shape index (κ2) is 7.80. The minimum atomic E-state index is -0.242. The van der Waals surface area contributed by atoms with E-state index in [4.69, 9.17) is 11.6 Å². The molecular formula is C23H23ClN2O2. The average molecular weight is 395 g/mol. The van der Waals surface area contributed by atoms with Crippen LogP contribution < -0.4 is 0 Å². The molecule has 2 aliphatic heterocycles. The zero-order valence-corrected chi connectivity index (χ0v) is 16.7. The van der Waals surface area contributed by atoms with Crippen molar-refractivity contribution in [3.05, 3.63) is 76.4 Å². The molecule has 2 amide bonds. The number of likely N-dealkylation sites (tertiary alicyclic amines) is 1. The van der Waals surface area contributed by atoms with E-state index in [1.165, 1.54) is 10.5 Å². The molecule has 4 rings (SSSR count). The van der Waals surface area contributed by atoms with Crippen LogP contribution in [0.4, 0.5) is 0 Å². The fourth-order valence-electron chi connectivity index (χ4n) is 4.11. The smallest absolute Gasteiger partial charge is 0.277 e. The molecule has 144 valence electrons. The Morgan fingerprint density at radius 1 is 0.929 bits per heavy atom. The highest BCUT2D eigenvalue weighted by molar-refractivity contribution is 6.35. The first kappa shape index (κ1) is 18.8. The highest BCUT2D eigenvalue weighted by atomic mass is 35.5. The van der Waals surface area contributed by atoms with Gasteiger partial charge in [-0.15, -0.1) is 0 Å². The van der Waals surface area contributed by atoms with Crippen LogP contribution in [0.3, 0.4) is 0 Å². The second-order valence-corrected chi connectivity index (χ2v) is 7.96. The average Bonchev–Trinajstić information content (AvgIpc) is 2.94. The molecule has 0 saturated carbocycles. The van der Waals surface area contributed by atoms with Gasteiger partial charge in [0.1, 0.15) is 5.70 Å². The molecule has 0 radical (unpaired) electrons. The van der Waals surface area contributed by atoms with Gasteiger partial charge in [-0.05, 0) is 48.4 Å². The molecule has 2 heterocycles. The van der Waals surface area contributed by atoms with Crippen LogP contribution in [0.1, 0.15) is 24.0 Å². The molecule has 4 nitrogen and oxygen atoms in total. The molecule has 5 heteroatoms. The summed E-state index contributed by atoms with van der Waals surface area (Å²) < 4.78 is 0. The lowest BCUT2D eigenvalue weighted by Gasteiger charge is -2.34. The van der Waals surface area contributed by atoms with Crippen LogP contribution in [0.15, 0.2) is 60.3 Å². The summed E-state index contributed by atoms with van der Waals surface area (Å²) in [6, 6.07) is 17.7. The Balaban J connectivity index is 1.55. The van der Waals surface area contributed by atoms with Gasteiger partial charge in [0, 0.05) is 25.2 Å². The molecule has 2 aromatic rings. The number of imide groups is 1. The van der Waals surface area contributed by atoms with Crippen LogP contribution in [0, 0.1) is 5.92 Å². The predicted molar refractivity (Wildman–Crippen MR) is 111 cm³/mol. The molecule has 0 spiro atoms. The van der Waals surface area contributed by atoms with Gasteiger partial charge in [0.05, 0.1) is 5.57 Å². The van der Waals surface area contributed by atoms with Gasteiger partial charge in [-0.25, -0.2) is 0 Å². The fraction of sp³-hybridized carbons (Fsp3) is 0.304. The van der Waals surface area contributed by atoms with Crippen LogP contribution in [0.2, 0.25) is 5.02 Å². The number of benzene rings is 2. The number of nitrogens with zero attached hydrogens (tertiary/aromatic N) is 2. The summed E-state index contributed by atoms with van der Waals surface area (Å²) in [5.41, 5.74) is 3.13. The third-order valence-corrected chi connectivity index (χ3v) is 5.95. The molecule has 1 fully saturated rings. The van der Waals surface area contributed by atoms with Gasteiger partial charge < -0.3 is 4.90 Å². The van der Waals surface area contributed by atoms with E-state index in [0.717, 1.165) is 37.9 Å². The number of piperidine rings is 1. The fourth-order valence-corrected chi connectivity index (χ4v) is 4.23. The third-order valence-electron chi connectivity index (χ3n) is 5.69. The Bertz CT molecular complexity index is 913. The van der Waals surface area contributed by atoms with Crippen LogP contribution in [0.25, 0.3) is 5.57 Å². The maximum atomic E-state index is 12.8. The summed E-state index contributed by atoms with van der Waals surface area (Å²) in [5.74, 6) is 0.147. The molecule has 1 saturated heterocycles. The maximum Gasteiger partial charge on any atom is 0.277 e. The molecule has 2 aromatic carbocycles. The van der Waals surface area contributed by atoms with Crippen molar-refractivity contribution in [3.8, 4) is 0 Å². The third kappa shape index (κ3) is 3.57. The lowest BCUT2D eigenvalue weighted by atomic mass is 9.89. The highest BCUT2D eigenvalue weighted by Crippen LogP contribution is 2.34. The van der Waals surface area contributed by atoms with Gasteiger partial charge >= 0.3 is 0 Å². The summed E-state index contributed by atoms with van der Waals surface area (Å²) in [5, 5.41) is 0.609. The number of hydrogen-bond donors (Lipinski definition) is 0. The number of rotatable bonds is 4. The lowest BCUT2D eigenvalue weighted by Crippen LogP contribution is -2.38. The van der Waals surface area contributed by atoms with Crippen molar-refractivity contribution in [3.63, 3.8) is 0 Å². The Morgan fingerprint density at radius 2 is 1.57 bits per heavy atom. The summed E-state index contributed by atoms with van der Waals surface area (Å²) in [6.07, 6.45) is 3.08. The van der Waals surface area contributed by atoms with Gasteiger partial charge in [-0.2, -0.15) is 0 Å². The predicted octanol–water partition coefficient (Wildman–Crippen LogP) is 4.00. The SMILES string of the molecule is CN1C(=O)C(c2ccc(Cl)cc2)=C(N2CCC(Cc3ccccc3)CC2)C1=O. The van der Waals surface area contributed by atoms with Crippen molar-refractivity contribution in [1.29, 1.82) is 0 Å². The van der Waals surface area contributed by atoms with E-state index in [0.29, 0.717) is 22.2 Å². The van der Waals surface area contributed by atoms with Crippen molar-refractivity contribution in [2.45, 2.75) is 19.3 Å². The topological polar surface area (TPSA) is 40.6 Å². The van der Waals surface area contributed by atoms with Crippen LogP contribution >= 0.6 is 11.6 Å². The molecule has 0 bridgehead atoms. The molecular weight excluding hydrogens is 372 g/mol. The zero-order valence-electron chi connectivity index (χ0n) is 15.9. The Morgan fingerprint density at radius 3 is 2.21 bits per heavy atom. The Labute approximate surface area is 170 Å². The van der Waals surface area contributed by atoms with E-state index >= 15 is 0 Å². The van der Waals surface area contributed by atoms with Crippen molar-refractivity contribution in [2.24, 2.45) is 5.92 Å². The van der Waals surface area contributed by atoms with E-state index in [1.54, 1.807) is 19.2 Å². The standard InChI is InChI=1S/C23H23ClN2O2/c1-25-22(27)20(18-7-9-19(24)10-8-18)21(23(25)28)26-13-11-17(12-14-26)15-16-5-3-2-4-6-16/h2-10,17H,11-15H2,1H3. The summed E-state index contributed by atoms with van der Waals surface area (Å²) in [6.45, 7) is 1.58. The van der Waals surface area contributed by atoms with E-state index < -0.39 is 0 Å². The summed E-state index contributed by atoms with van der Waals surface area (Å²) >= 11 is 5.99. The van der Waals surface area contributed by atoms with Crippen molar-refractivity contribution in [1.82, 2.24) is 9.80 Å².